The molecule has 1 aliphatic rings. The van der Waals surface area contributed by atoms with E-state index < -0.39 is 11.6 Å². The molecule has 134 valence electrons. The molecule has 0 saturated heterocycles. The quantitative estimate of drug-likeness (QED) is 0.733. The number of esters is 1. The van der Waals surface area contributed by atoms with Crippen molar-refractivity contribution < 1.29 is 9.53 Å². The van der Waals surface area contributed by atoms with E-state index in [1.165, 1.54) is 9.25 Å². The first-order chi connectivity index (χ1) is 11.7. The second kappa shape index (κ2) is 6.78. The molecular formula is C18H22BrN3O3. The number of aryl methyl sites for hydroxylation is 1. The summed E-state index contributed by atoms with van der Waals surface area (Å²) in [6, 6.07) is 7.16. The van der Waals surface area contributed by atoms with Gasteiger partial charge < -0.3 is 4.74 Å². The molecule has 0 N–H and O–H groups in total. The van der Waals surface area contributed by atoms with Crippen molar-refractivity contribution in [1.82, 2.24) is 14.3 Å². The van der Waals surface area contributed by atoms with E-state index in [0.29, 0.717) is 25.2 Å². The molecule has 1 aromatic carbocycles. The molecule has 0 aliphatic carbocycles. The van der Waals surface area contributed by atoms with Crippen LogP contribution in [0.25, 0.3) is 0 Å². The number of ether oxygens (including phenoxy) is 1. The Kier molecular flexibility index (Phi) is 4.86. The van der Waals surface area contributed by atoms with Crippen LogP contribution < -0.4 is 5.69 Å². The Bertz CT molecular complexity index is 848. The Hall–Kier alpha value is -1.89. The van der Waals surface area contributed by atoms with Gasteiger partial charge in [0.15, 0.2) is 0 Å². The summed E-state index contributed by atoms with van der Waals surface area (Å²) in [5, 5.41) is 4.45. The standard InChI is InChI=1S/C18H22BrN3O3/c1-18(2,3)25-16(23)14-8-5-9-15-20-21(17(24)22(14)15)11-12-6-4-7-13(19)10-12/h4,6-7,10,14H,5,8-9,11H2,1-3H3/t14-/m0/s1. The topological polar surface area (TPSA) is 66.1 Å². The lowest BCUT2D eigenvalue weighted by atomic mass is 10.0. The minimum atomic E-state index is -0.591. The zero-order valence-electron chi connectivity index (χ0n) is 14.7. The molecule has 6 nitrogen and oxygen atoms in total. The van der Waals surface area contributed by atoms with E-state index in [-0.39, 0.29) is 11.7 Å². The van der Waals surface area contributed by atoms with Gasteiger partial charge in [-0.3, -0.25) is 4.57 Å². The minimum absolute atomic E-state index is 0.259. The van der Waals surface area contributed by atoms with Gasteiger partial charge in [0.2, 0.25) is 0 Å². The molecule has 0 radical (unpaired) electrons. The van der Waals surface area contributed by atoms with Gasteiger partial charge in [0.1, 0.15) is 17.5 Å². The largest absolute Gasteiger partial charge is 0.458 e. The predicted molar refractivity (Wildman–Crippen MR) is 97.6 cm³/mol. The van der Waals surface area contributed by atoms with Gasteiger partial charge >= 0.3 is 11.7 Å². The van der Waals surface area contributed by atoms with Crippen molar-refractivity contribution in [3.05, 3.63) is 50.6 Å². The highest BCUT2D eigenvalue weighted by atomic mass is 79.9. The number of aromatic nitrogens is 3. The summed E-state index contributed by atoms with van der Waals surface area (Å²) in [6.45, 7) is 5.86. The molecule has 25 heavy (non-hydrogen) atoms. The monoisotopic (exact) mass is 407 g/mol. The zero-order valence-corrected chi connectivity index (χ0v) is 16.2. The predicted octanol–water partition coefficient (Wildman–Crippen LogP) is 3.07. The van der Waals surface area contributed by atoms with Crippen molar-refractivity contribution in [2.75, 3.05) is 0 Å². The number of fused-ring (bicyclic) bond motifs is 1. The number of carbonyl (C=O) groups excluding carboxylic acids is 1. The van der Waals surface area contributed by atoms with Crippen LogP contribution in [0.2, 0.25) is 0 Å². The van der Waals surface area contributed by atoms with Crippen LogP contribution in [0.1, 0.15) is 51.0 Å². The summed E-state index contributed by atoms with van der Waals surface area (Å²) in [4.78, 5) is 25.3. The van der Waals surface area contributed by atoms with E-state index in [4.69, 9.17) is 4.74 Å². The maximum atomic E-state index is 12.8. The second-order valence-electron chi connectivity index (χ2n) is 7.30. The molecule has 0 saturated carbocycles. The van der Waals surface area contributed by atoms with Gasteiger partial charge in [-0.25, -0.2) is 14.3 Å². The summed E-state index contributed by atoms with van der Waals surface area (Å²) in [7, 11) is 0. The molecule has 1 aliphatic heterocycles. The number of halogens is 1. The van der Waals surface area contributed by atoms with Gasteiger partial charge in [-0.15, -0.1) is 0 Å². The summed E-state index contributed by atoms with van der Waals surface area (Å²) >= 11 is 3.43. The van der Waals surface area contributed by atoms with Gasteiger partial charge in [-0.05, 0) is 51.3 Å². The van der Waals surface area contributed by atoms with E-state index in [1.54, 1.807) is 0 Å². The number of benzene rings is 1. The molecule has 0 fully saturated rings. The minimum Gasteiger partial charge on any atom is -0.458 e. The lowest BCUT2D eigenvalue weighted by molar-refractivity contribution is -0.159. The third-order valence-corrected chi connectivity index (χ3v) is 4.52. The molecule has 0 bridgehead atoms. The van der Waals surface area contributed by atoms with Crippen LogP contribution in [0, 0.1) is 0 Å². The maximum Gasteiger partial charge on any atom is 0.347 e. The summed E-state index contributed by atoms with van der Waals surface area (Å²) < 4.78 is 9.38. The van der Waals surface area contributed by atoms with Crippen LogP contribution in [0.4, 0.5) is 0 Å². The van der Waals surface area contributed by atoms with Crippen molar-refractivity contribution in [2.24, 2.45) is 0 Å². The first-order valence-electron chi connectivity index (χ1n) is 8.40. The van der Waals surface area contributed by atoms with Gasteiger partial charge in [-0.1, -0.05) is 28.1 Å². The van der Waals surface area contributed by atoms with E-state index in [9.17, 15) is 9.59 Å². The molecule has 0 spiro atoms. The number of rotatable bonds is 3. The lowest BCUT2D eigenvalue weighted by Gasteiger charge is -2.26. The van der Waals surface area contributed by atoms with Crippen LogP contribution in [0.5, 0.6) is 0 Å². The maximum absolute atomic E-state index is 12.8. The molecule has 3 rings (SSSR count). The van der Waals surface area contributed by atoms with Gasteiger partial charge in [0, 0.05) is 10.9 Å². The number of hydrogen-bond acceptors (Lipinski definition) is 4. The molecule has 1 aromatic heterocycles. The van der Waals surface area contributed by atoms with Crippen LogP contribution in [-0.2, 0) is 22.5 Å². The Morgan fingerprint density at radius 2 is 2.16 bits per heavy atom. The Balaban J connectivity index is 1.91. The number of hydrogen-bond donors (Lipinski definition) is 0. The van der Waals surface area contributed by atoms with Gasteiger partial charge in [0.05, 0.1) is 6.54 Å². The highest BCUT2D eigenvalue weighted by molar-refractivity contribution is 9.10. The Morgan fingerprint density at radius 1 is 1.40 bits per heavy atom. The fourth-order valence-corrected chi connectivity index (χ4v) is 3.48. The number of nitrogens with zero attached hydrogens (tertiary/aromatic N) is 3. The summed E-state index contributed by atoms with van der Waals surface area (Å²) in [6.07, 6.45) is 2.11. The molecule has 0 amide bonds. The van der Waals surface area contributed by atoms with Gasteiger partial charge in [-0.2, -0.15) is 5.10 Å². The third-order valence-electron chi connectivity index (χ3n) is 4.03. The first kappa shape index (κ1) is 17.9. The fourth-order valence-electron chi connectivity index (χ4n) is 3.04. The molecule has 7 heteroatoms. The van der Waals surface area contributed by atoms with Crippen LogP contribution in [0.15, 0.2) is 33.5 Å². The Morgan fingerprint density at radius 3 is 2.84 bits per heavy atom. The smallest absolute Gasteiger partial charge is 0.347 e. The molecule has 0 unspecified atom stereocenters. The average Bonchev–Trinajstić information content (AvgIpc) is 2.82. The highest BCUT2D eigenvalue weighted by Crippen LogP contribution is 2.25. The van der Waals surface area contributed by atoms with E-state index in [0.717, 1.165) is 16.5 Å². The van der Waals surface area contributed by atoms with Crippen molar-refractivity contribution in [3.63, 3.8) is 0 Å². The van der Waals surface area contributed by atoms with Crippen molar-refractivity contribution in [2.45, 2.75) is 58.2 Å². The van der Waals surface area contributed by atoms with E-state index >= 15 is 0 Å². The second-order valence-corrected chi connectivity index (χ2v) is 8.21. The average molecular weight is 408 g/mol. The number of carbonyl (C=O) groups is 1. The lowest BCUT2D eigenvalue weighted by Crippen LogP contribution is -2.38. The van der Waals surface area contributed by atoms with Crippen LogP contribution in [-0.4, -0.2) is 25.9 Å². The SMILES string of the molecule is CC(C)(C)OC(=O)[C@@H]1CCCc2nn(Cc3cccc(Br)c3)c(=O)n21. The fraction of sp³-hybridized carbons (Fsp3) is 0.500. The first-order valence-corrected chi connectivity index (χ1v) is 9.19. The third kappa shape index (κ3) is 4.03. The summed E-state index contributed by atoms with van der Waals surface area (Å²) in [5.41, 5.74) is 0.135. The van der Waals surface area contributed by atoms with Crippen molar-refractivity contribution in [3.8, 4) is 0 Å². The molecular weight excluding hydrogens is 386 g/mol. The van der Waals surface area contributed by atoms with Crippen LogP contribution in [0.3, 0.4) is 0 Å². The normalized spacial score (nSPS) is 17.2. The molecule has 1 atom stereocenters. The molecule has 2 aromatic rings. The Labute approximate surface area is 154 Å². The van der Waals surface area contributed by atoms with Crippen molar-refractivity contribution in [1.29, 1.82) is 0 Å². The highest BCUT2D eigenvalue weighted by Gasteiger charge is 2.33. The van der Waals surface area contributed by atoms with E-state index in [1.807, 2.05) is 45.0 Å². The zero-order chi connectivity index (χ0) is 18.2. The van der Waals surface area contributed by atoms with Crippen molar-refractivity contribution >= 4 is 21.9 Å². The summed E-state index contributed by atoms with van der Waals surface area (Å²) in [5.74, 6) is 0.291. The van der Waals surface area contributed by atoms with Gasteiger partial charge in [0.25, 0.3) is 0 Å². The van der Waals surface area contributed by atoms with Crippen LogP contribution >= 0.6 is 15.9 Å². The molecule has 2 heterocycles. The van der Waals surface area contributed by atoms with E-state index in [2.05, 4.69) is 21.0 Å².